The number of amides is 1. The van der Waals surface area contributed by atoms with Gasteiger partial charge in [-0.1, -0.05) is 28.9 Å². The Balaban J connectivity index is 2.19. The maximum Gasteiger partial charge on any atom is 0.242 e. The van der Waals surface area contributed by atoms with Crippen LogP contribution in [0.2, 0.25) is 0 Å². The first-order valence-corrected chi connectivity index (χ1v) is 8.44. The van der Waals surface area contributed by atoms with E-state index in [0.717, 1.165) is 49.1 Å². The highest BCUT2D eigenvalue weighted by molar-refractivity contribution is 9.10. The highest BCUT2D eigenvalue weighted by atomic mass is 79.9. The standard InChI is InChI=1S/C16H24BrN3O/c1-3-19-11-12-7-8-13(10-14(12)17)20-9-5-4-6-15(20)16(21)18-2/h7-8,10,15,19H,3-6,9,11H2,1-2H3,(H,18,21). The Morgan fingerprint density at radius 1 is 1.43 bits per heavy atom. The van der Waals surface area contributed by atoms with Gasteiger partial charge in [-0.15, -0.1) is 0 Å². The van der Waals surface area contributed by atoms with Gasteiger partial charge in [-0.05, 0) is 43.5 Å². The van der Waals surface area contributed by atoms with Gasteiger partial charge in [0.2, 0.25) is 5.91 Å². The van der Waals surface area contributed by atoms with Gasteiger partial charge in [-0.25, -0.2) is 0 Å². The third kappa shape index (κ3) is 3.98. The van der Waals surface area contributed by atoms with E-state index in [1.54, 1.807) is 7.05 Å². The number of carbonyl (C=O) groups is 1. The lowest BCUT2D eigenvalue weighted by atomic mass is 10.00. The molecule has 2 N–H and O–H groups in total. The molecule has 1 aliphatic rings. The molecule has 0 saturated carbocycles. The molecule has 1 aliphatic heterocycles. The summed E-state index contributed by atoms with van der Waals surface area (Å²) in [5.74, 6) is 0.113. The number of nitrogens with zero attached hydrogens (tertiary/aromatic N) is 1. The monoisotopic (exact) mass is 353 g/mol. The highest BCUT2D eigenvalue weighted by Gasteiger charge is 2.28. The number of hydrogen-bond acceptors (Lipinski definition) is 3. The predicted molar refractivity (Wildman–Crippen MR) is 90.6 cm³/mol. The molecule has 5 heteroatoms. The number of nitrogens with one attached hydrogen (secondary N) is 2. The van der Waals surface area contributed by atoms with Crippen LogP contribution in [0.4, 0.5) is 5.69 Å². The van der Waals surface area contributed by atoms with Crippen LogP contribution in [0, 0.1) is 0 Å². The molecule has 1 unspecified atom stereocenters. The van der Waals surface area contributed by atoms with E-state index in [1.165, 1.54) is 5.56 Å². The molecule has 21 heavy (non-hydrogen) atoms. The molecular weight excluding hydrogens is 330 g/mol. The van der Waals surface area contributed by atoms with Crippen molar-refractivity contribution in [2.75, 3.05) is 25.0 Å². The first-order valence-electron chi connectivity index (χ1n) is 7.64. The molecule has 1 saturated heterocycles. The van der Waals surface area contributed by atoms with Gasteiger partial charge in [-0.3, -0.25) is 4.79 Å². The number of benzene rings is 1. The highest BCUT2D eigenvalue weighted by Crippen LogP contribution is 2.29. The average molecular weight is 354 g/mol. The molecule has 4 nitrogen and oxygen atoms in total. The van der Waals surface area contributed by atoms with Crippen molar-refractivity contribution in [1.29, 1.82) is 0 Å². The van der Waals surface area contributed by atoms with E-state index in [1.807, 2.05) is 0 Å². The zero-order chi connectivity index (χ0) is 15.2. The lowest BCUT2D eigenvalue weighted by Gasteiger charge is -2.36. The summed E-state index contributed by atoms with van der Waals surface area (Å²) in [6, 6.07) is 6.35. The summed E-state index contributed by atoms with van der Waals surface area (Å²) in [6.45, 7) is 4.86. The fraction of sp³-hybridized carbons (Fsp3) is 0.562. The van der Waals surface area contributed by atoms with Gasteiger partial charge in [0.15, 0.2) is 0 Å². The van der Waals surface area contributed by atoms with Crippen LogP contribution in [0.3, 0.4) is 0 Å². The number of carbonyl (C=O) groups excluding carboxylic acids is 1. The Morgan fingerprint density at radius 2 is 2.24 bits per heavy atom. The van der Waals surface area contributed by atoms with Gasteiger partial charge in [-0.2, -0.15) is 0 Å². The first-order chi connectivity index (χ1) is 10.2. The molecule has 1 atom stereocenters. The fourth-order valence-electron chi connectivity index (χ4n) is 2.80. The minimum Gasteiger partial charge on any atom is -0.359 e. The van der Waals surface area contributed by atoms with E-state index in [4.69, 9.17) is 0 Å². The van der Waals surface area contributed by atoms with Crippen molar-refractivity contribution in [1.82, 2.24) is 10.6 Å². The third-order valence-electron chi connectivity index (χ3n) is 3.99. The SMILES string of the molecule is CCNCc1ccc(N2CCCCC2C(=O)NC)cc1Br. The van der Waals surface area contributed by atoms with Crippen LogP contribution >= 0.6 is 15.9 Å². The van der Waals surface area contributed by atoms with Crippen molar-refractivity contribution < 1.29 is 4.79 Å². The molecule has 1 aromatic rings. The zero-order valence-corrected chi connectivity index (χ0v) is 14.4. The van der Waals surface area contributed by atoms with Crippen LogP contribution in [0.5, 0.6) is 0 Å². The van der Waals surface area contributed by atoms with Gasteiger partial charge in [0.05, 0.1) is 0 Å². The number of likely N-dealkylation sites (N-methyl/N-ethyl adjacent to an activating group) is 1. The van der Waals surface area contributed by atoms with Gasteiger partial charge in [0.1, 0.15) is 6.04 Å². The molecule has 0 aromatic heterocycles. The maximum absolute atomic E-state index is 12.1. The predicted octanol–water partition coefficient (Wildman–Crippen LogP) is 2.66. The first kappa shape index (κ1) is 16.3. The second-order valence-electron chi connectivity index (χ2n) is 5.38. The molecule has 2 rings (SSSR count). The number of anilines is 1. The number of piperidine rings is 1. The summed E-state index contributed by atoms with van der Waals surface area (Å²) in [5.41, 5.74) is 2.37. The number of halogens is 1. The second kappa shape index (κ2) is 7.80. The van der Waals surface area contributed by atoms with Crippen molar-refractivity contribution in [2.24, 2.45) is 0 Å². The summed E-state index contributed by atoms with van der Waals surface area (Å²) >= 11 is 3.65. The number of rotatable bonds is 5. The van der Waals surface area contributed by atoms with Crippen molar-refractivity contribution in [3.05, 3.63) is 28.2 Å². The van der Waals surface area contributed by atoms with Gasteiger partial charge < -0.3 is 15.5 Å². The molecule has 0 bridgehead atoms. The average Bonchev–Trinajstić information content (AvgIpc) is 2.53. The smallest absolute Gasteiger partial charge is 0.242 e. The molecule has 0 radical (unpaired) electrons. The van der Waals surface area contributed by atoms with Crippen LogP contribution < -0.4 is 15.5 Å². The van der Waals surface area contributed by atoms with E-state index < -0.39 is 0 Å². The van der Waals surface area contributed by atoms with Crippen LogP contribution in [0.15, 0.2) is 22.7 Å². The van der Waals surface area contributed by atoms with Gasteiger partial charge >= 0.3 is 0 Å². The molecule has 1 aromatic carbocycles. The van der Waals surface area contributed by atoms with Crippen molar-refractivity contribution in [3.8, 4) is 0 Å². The van der Waals surface area contributed by atoms with Crippen molar-refractivity contribution in [2.45, 2.75) is 38.8 Å². The summed E-state index contributed by atoms with van der Waals surface area (Å²) in [4.78, 5) is 14.3. The molecule has 1 fully saturated rings. The van der Waals surface area contributed by atoms with Gasteiger partial charge in [0, 0.05) is 30.3 Å². The Hall–Kier alpha value is -1.07. The minimum atomic E-state index is -0.0460. The largest absolute Gasteiger partial charge is 0.359 e. The van der Waals surface area contributed by atoms with Gasteiger partial charge in [0.25, 0.3) is 0 Å². The molecule has 1 heterocycles. The molecular formula is C16H24BrN3O. The van der Waals surface area contributed by atoms with Crippen LogP contribution in [0.25, 0.3) is 0 Å². The van der Waals surface area contributed by atoms with E-state index in [9.17, 15) is 4.79 Å². The van der Waals surface area contributed by atoms with Crippen LogP contribution in [-0.2, 0) is 11.3 Å². The molecule has 116 valence electrons. The molecule has 1 amide bonds. The quantitative estimate of drug-likeness (QED) is 0.855. The van der Waals surface area contributed by atoms with E-state index >= 15 is 0 Å². The van der Waals surface area contributed by atoms with Crippen LogP contribution in [0.1, 0.15) is 31.7 Å². The zero-order valence-electron chi connectivity index (χ0n) is 12.8. The Kier molecular flexibility index (Phi) is 6.06. The van der Waals surface area contributed by atoms with Crippen molar-refractivity contribution in [3.63, 3.8) is 0 Å². The molecule has 0 aliphatic carbocycles. The topological polar surface area (TPSA) is 44.4 Å². The third-order valence-corrected chi connectivity index (χ3v) is 4.72. The molecule has 0 spiro atoms. The lowest BCUT2D eigenvalue weighted by molar-refractivity contribution is -0.122. The lowest BCUT2D eigenvalue weighted by Crippen LogP contribution is -2.48. The van der Waals surface area contributed by atoms with Crippen LogP contribution in [-0.4, -0.2) is 32.1 Å². The Labute approximate surface area is 135 Å². The Morgan fingerprint density at radius 3 is 2.90 bits per heavy atom. The summed E-state index contributed by atoms with van der Waals surface area (Å²) in [6.07, 6.45) is 3.19. The normalized spacial score (nSPS) is 18.6. The minimum absolute atomic E-state index is 0.0460. The maximum atomic E-state index is 12.1. The Bertz CT molecular complexity index is 492. The summed E-state index contributed by atoms with van der Waals surface area (Å²) in [7, 11) is 1.71. The van der Waals surface area contributed by atoms with E-state index in [-0.39, 0.29) is 11.9 Å². The second-order valence-corrected chi connectivity index (χ2v) is 6.23. The summed E-state index contributed by atoms with van der Waals surface area (Å²) in [5, 5.41) is 6.12. The van der Waals surface area contributed by atoms with E-state index in [2.05, 4.69) is 56.6 Å². The van der Waals surface area contributed by atoms with Crippen molar-refractivity contribution >= 4 is 27.5 Å². The summed E-state index contributed by atoms with van der Waals surface area (Å²) < 4.78 is 1.10. The number of hydrogen-bond donors (Lipinski definition) is 2. The van der Waals surface area contributed by atoms with E-state index in [0.29, 0.717) is 0 Å². The fourth-order valence-corrected chi connectivity index (χ4v) is 3.30.